The molecule has 1 aliphatic rings. The molecule has 3 aromatic rings. The highest BCUT2D eigenvalue weighted by atomic mass is 35.5. The number of benzene rings is 3. The van der Waals surface area contributed by atoms with E-state index in [2.05, 4.69) is 23.1 Å². The van der Waals surface area contributed by atoms with Gasteiger partial charge in [0.2, 0.25) is 0 Å². The van der Waals surface area contributed by atoms with Gasteiger partial charge in [-0.15, -0.1) is 0 Å². The second-order valence-corrected chi connectivity index (χ2v) is 8.70. The van der Waals surface area contributed by atoms with E-state index < -0.39 is 5.60 Å². The molecule has 0 amide bonds. The summed E-state index contributed by atoms with van der Waals surface area (Å²) in [7, 11) is 0. The molecule has 150 valence electrons. The molecule has 0 saturated heterocycles. The van der Waals surface area contributed by atoms with Gasteiger partial charge in [-0.2, -0.15) is 0 Å². The minimum atomic E-state index is -1.26. The summed E-state index contributed by atoms with van der Waals surface area (Å²) >= 11 is 12.2. The number of hydrogen-bond acceptors (Lipinski definition) is 3. The van der Waals surface area contributed by atoms with Gasteiger partial charge < -0.3 is 10.2 Å². The highest BCUT2D eigenvalue weighted by Crippen LogP contribution is 2.41. The summed E-state index contributed by atoms with van der Waals surface area (Å²) in [6.07, 6.45) is 0. The molecule has 4 rings (SSSR count). The Balaban J connectivity index is 1.73. The lowest BCUT2D eigenvalue weighted by Crippen LogP contribution is -2.25. The van der Waals surface area contributed by atoms with Crippen molar-refractivity contribution in [3.05, 3.63) is 105 Å². The molecule has 0 aliphatic carbocycles. The number of nitrogens with zero attached hydrogens (tertiary/aromatic N) is 1. The van der Waals surface area contributed by atoms with Crippen LogP contribution in [0.2, 0.25) is 10.0 Å². The molecule has 3 aromatic carbocycles. The van der Waals surface area contributed by atoms with E-state index in [1.807, 2.05) is 48.5 Å². The molecule has 2 unspecified atom stereocenters. The van der Waals surface area contributed by atoms with Crippen LogP contribution in [0.5, 0.6) is 0 Å². The topological polar surface area (TPSA) is 43.7 Å². The summed E-state index contributed by atoms with van der Waals surface area (Å²) in [5.41, 5.74) is 4.19. The molecule has 0 saturated carbocycles. The Hall–Kier alpha value is -1.88. The Labute approximate surface area is 181 Å². The Morgan fingerprint density at radius 2 is 1.59 bits per heavy atom. The van der Waals surface area contributed by atoms with Crippen molar-refractivity contribution in [1.82, 2.24) is 4.90 Å². The summed E-state index contributed by atoms with van der Waals surface area (Å²) in [6, 6.07) is 22.0. The molecular weight excluding hydrogens is 405 g/mol. The monoisotopic (exact) mass is 427 g/mol. The molecule has 1 heterocycles. The fourth-order valence-electron chi connectivity index (χ4n) is 3.95. The summed E-state index contributed by atoms with van der Waals surface area (Å²) < 4.78 is 0. The fraction of sp³-hybridized carbons (Fsp3) is 0.250. The van der Waals surface area contributed by atoms with Gasteiger partial charge in [0, 0.05) is 23.1 Å². The van der Waals surface area contributed by atoms with E-state index >= 15 is 0 Å². The molecule has 3 nitrogen and oxygen atoms in total. The van der Waals surface area contributed by atoms with E-state index in [1.165, 1.54) is 16.7 Å². The average Bonchev–Trinajstić information content (AvgIpc) is 3.07. The second-order valence-electron chi connectivity index (χ2n) is 7.83. The van der Waals surface area contributed by atoms with Gasteiger partial charge in [-0.3, -0.25) is 4.90 Å². The fourth-order valence-corrected chi connectivity index (χ4v) is 4.20. The van der Waals surface area contributed by atoms with Gasteiger partial charge in [0.1, 0.15) is 5.60 Å². The molecule has 1 aliphatic heterocycles. The highest BCUT2D eigenvalue weighted by Gasteiger charge is 2.33. The smallest absolute Gasteiger partial charge is 0.110 e. The zero-order valence-electron chi connectivity index (χ0n) is 16.1. The van der Waals surface area contributed by atoms with E-state index in [-0.39, 0.29) is 12.6 Å². The third-order valence-electron chi connectivity index (χ3n) is 5.59. The minimum absolute atomic E-state index is 0.0890. The van der Waals surface area contributed by atoms with Gasteiger partial charge in [0.05, 0.1) is 12.6 Å². The third kappa shape index (κ3) is 4.20. The number of aliphatic hydroxyl groups is 2. The van der Waals surface area contributed by atoms with Gasteiger partial charge in [-0.1, -0.05) is 65.7 Å². The standard InChI is InChI=1S/C24H23Cl2NO2/c1-24(29,15-28)19-6-11-22-18(12-19)14-27(13-16-2-7-20(25)8-3-16)23(22)17-4-9-21(26)10-5-17/h2-12,23,28-29H,13-15H2,1H3. The lowest BCUT2D eigenvalue weighted by atomic mass is 9.91. The van der Waals surface area contributed by atoms with E-state index in [0.29, 0.717) is 5.02 Å². The van der Waals surface area contributed by atoms with Crippen LogP contribution in [0.15, 0.2) is 66.7 Å². The van der Waals surface area contributed by atoms with Crippen LogP contribution in [0.4, 0.5) is 0 Å². The molecule has 0 radical (unpaired) electrons. The average molecular weight is 428 g/mol. The molecule has 2 N–H and O–H groups in total. The van der Waals surface area contributed by atoms with Gasteiger partial charge in [0.15, 0.2) is 0 Å². The predicted octanol–water partition coefficient (Wildman–Crippen LogP) is 5.30. The first kappa shape index (κ1) is 20.4. The van der Waals surface area contributed by atoms with Crippen molar-refractivity contribution in [2.24, 2.45) is 0 Å². The van der Waals surface area contributed by atoms with Gasteiger partial charge in [-0.25, -0.2) is 0 Å². The van der Waals surface area contributed by atoms with Gasteiger partial charge >= 0.3 is 0 Å². The van der Waals surface area contributed by atoms with Crippen LogP contribution in [-0.2, 0) is 18.7 Å². The highest BCUT2D eigenvalue weighted by molar-refractivity contribution is 6.30. The van der Waals surface area contributed by atoms with Crippen molar-refractivity contribution < 1.29 is 10.2 Å². The van der Waals surface area contributed by atoms with Crippen molar-refractivity contribution in [2.75, 3.05) is 6.61 Å². The van der Waals surface area contributed by atoms with Crippen molar-refractivity contribution in [3.63, 3.8) is 0 Å². The number of rotatable bonds is 5. The number of aliphatic hydroxyl groups excluding tert-OH is 1. The number of halogens is 2. The maximum atomic E-state index is 10.5. The minimum Gasteiger partial charge on any atom is -0.393 e. The first-order valence-electron chi connectivity index (χ1n) is 9.58. The molecule has 29 heavy (non-hydrogen) atoms. The molecular formula is C24H23Cl2NO2. The molecule has 0 spiro atoms. The Kier molecular flexibility index (Phi) is 5.69. The zero-order valence-corrected chi connectivity index (χ0v) is 17.7. The number of hydrogen-bond donors (Lipinski definition) is 2. The number of fused-ring (bicyclic) bond motifs is 1. The molecule has 0 bridgehead atoms. The van der Waals surface area contributed by atoms with Crippen molar-refractivity contribution in [3.8, 4) is 0 Å². The normalized spacial score (nSPS) is 18.4. The van der Waals surface area contributed by atoms with E-state index in [0.717, 1.165) is 29.2 Å². The SMILES string of the molecule is CC(O)(CO)c1ccc2c(c1)CN(Cc1ccc(Cl)cc1)C2c1ccc(Cl)cc1. The van der Waals surface area contributed by atoms with Crippen molar-refractivity contribution >= 4 is 23.2 Å². The van der Waals surface area contributed by atoms with Gasteiger partial charge in [-0.05, 0) is 59.0 Å². The second kappa shape index (κ2) is 8.10. The Morgan fingerprint density at radius 3 is 2.21 bits per heavy atom. The lowest BCUT2D eigenvalue weighted by molar-refractivity contribution is -0.00234. The molecule has 5 heteroatoms. The third-order valence-corrected chi connectivity index (χ3v) is 6.09. The molecule has 2 atom stereocenters. The van der Waals surface area contributed by atoms with E-state index in [1.54, 1.807) is 6.92 Å². The van der Waals surface area contributed by atoms with Crippen LogP contribution in [-0.4, -0.2) is 21.7 Å². The van der Waals surface area contributed by atoms with Crippen LogP contribution in [0, 0.1) is 0 Å². The summed E-state index contributed by atoms with van der Waals surface area (Å²) in [4.78, 5) is 2.40. The summed E-state index contributed by atoms with van der Waals surface area (Å²) in [6.45, 7) is 2.83. The molecule has 0 aromatic heterocycles. The van der Waals surface area contributed by atoms with Crippen molar-refractivity contribution in [1.29, 1.82) is 0 Å². The maximum Gasteiger partial charge on any atom is 0.110 e. The van der Waals surface area contributed by atoms with Crippen molar-refractivity contribution in [2.45, 2.75) is 31.7 Å². The maximum absolute atomic E-state index is 10.5. The quantitative estimate of drug-likeness (QED) is 0.580. The first-order valence-corrected chi connectivity index (χ1v) is 10.3. The molecule has 0 fully saturated rings. The van der Waals surface area contributed by atoms with Crippen LogP contribution < -0.4 is 0 Å². The van der Waals surface area contributed by atoms with Crippen LogP contribution >= 0.6 is 23.2 Å². The Morgan fingerprint density at radius 1 is 0.966 bits per heavy atom. The largest absolute Gasteiger partial charge is 0.393 e. The predicted molar refractivity (Wildman–Crippen MR) is 117 cm³/mol. The van der Waals surface area contributed by atoms with Crippen LogP contribution in [0.3, 0.4) is 0 Å². The Bertz CT molecular complexity index is 1000. The van der Waals surface area contributed by atoms with Gasteiger partial charge in [0.25, 0.3) is 0 Å². The zero-order chi connectivity index (χ0) is 20.6. The first-order chi connectivity index (χ1) is 13.9. The summed E-state index contributed by atoms with van der Waals surface area (Å²) in [5.74, 6) is 0. The summed E-state index contributed by atoms with van der Waals surface area (Å²) in [5, 5.41) is 21.5. The van der Waals surface area contributed by atoms with Crippen LogP contribution in [0.1, 0.15) is 40.8 Å². The van der Waals surface area contributed by atoms with E-state index in [4.69, 9.17) is 23.2 Å². The lowest BCUT2D eigenvalue weighted by Gasteiger charge is -2.26. The van der Waals surface area contributed by atoms with E-state index in [9.17, 15) is 10.2 Å². The van der Waals surface area contributed by atoms with Crippen LogP contribution in [0.25, 0.3) is 0 Å².